The number of carbonyl (C=O) groups is 2. The fourth-order valence-electron chi connectivity index (χ4n) is 0.832. The van der Waals surface area contributed by atoms with E-state index in [2.05, 4.69) is 37.4 Å². The molecule has 0 rings (SSSR count). The highest BCUT2D eigenvalue weighted by Crippen LogP contribution is 2.25. The van der Waals surface area contributed by atoms with E-state index >= 15 is 0 Å². The van der Waals surface area contributed by atoms with Crippen LogP contribution in [0.4, 0.5) is 4.79 Å². The van der Waals surface area contributed by atoms with Gasteiger partial charge in [-0.05, 0) is 6.42 Å². The van der Waals surface area contributed by atoms with Gasteiger partial charge in [0.1, 0.15) is 12.6 Å². The van der Waals surface area contributed by atoms with Gasteiger partial charge < -0.3 is 14.8 Å². The van der Waals surface area contributed by atoms with Crippen LogP contribution in [0.3, 0.4) is 0 Å². The van der Waals surface area contributed by atoms with Crippen LogP contribution in [-0.4, -0.2) is 40.0 Å². The molecule has 0 saturated heterocycles. The lowest BCUT2D eigenvalue weighted by Crippen LogP contribution is -2.42. The van der Waals surface area contributed by atoms with Crippen LogP contribution in [-0.2, 0) is 14.3 Å². The van der Waals surface area contributed by atoms with Gasteiger partial charge in [0, 0.05) is 4.43 Å². The summed E-state index contributed by atoms with van der Waals surface area (Å²) >= 11 is 18.3. The van der Waals surface area contributed by atoms with Gasteiger partial charge in [0.2, 0.25) is 3.79 Å². The van der Waals surface area contributed by atoms with Gasteiger partial charge in [0.25, 0.3) is 0 Å². The van der Waals surface area contributed by atoms with Crippen molar-refractivity contribution in [2.24, 2.45) is 0 Å². The molecule has 0 fully saturated rings. The fourth-order valence-corrected chi connectivity index (χ4v) is 1.62. The third-order valence-corrected chi connectivity index (χ3v) is 2.49. The van der Waals surface area contributed by atoms with Crippen LogP contribution < -0.4 is 5.32 Å². The molecule has 100 valence electrons. The van der Waals surface area contributed by atoms with Crippen LogP contribution in [0.25, 0.3) is 0 Å². The number of amides is 1. The number of nitrogens with one attached hydrogen (secondary N) is 1. The van der Waals surface area contributed by atoms with Gasteiger partial charge in [-0.3, -0.25) is 0 Å². The molecule has 0 aromatic rings. The summed E-state index contributed by atoms with van der Waals surface area (Å²) in [6, 6.07) is -0.764. The van der Waals surface area contributed by atoms with Crippen LogP contribution in [0.2, 0.25) is 0 Å². The van der Waals surface area contributed by atoms with E-state index < -0.39 is 28.5 Å². The van der Waals surface area contributed by atoms with Crippen LogP contribution in [0.15, 0.2) is 0 Å². The Kier molecular flexibility index (Phi) is 8.61. The van der Waals surface area contributed by atoms with Gasteiger partial charge >= 0.3 is 12.1 Å². The molecule has 0 heterocycles. The molecule has 9 heteroatoms. The largest absolute Gasteiger partial charge is 0.467 e. The van der Waals surface area contributed by atoms with Crippen molar-refractivity contribution in [2.75, 3.05) is 18.1 Å². The minimum atomic E-state index is -1.68. The summed E-state index contributed by atoms with van der Waals surface area (Å²) in [5.74, 6) is -0.549. The molecule has 0 radical (unpaired) electrons. The van der Waals surface area contributed by atoms with Crippen molar-refractivity contribution in [2.45, 2.75) is 16.3 Å². The van der Waals surface area contributed by atoms with E-state index in [0.717, 1.165) is 0 Å². The Morgan fingerprint density at radius 3 is 2.41 bits per heavy atom. The summed E-state index contributed by atoms with van der Waals surface area (Å²) in [6.07, 6.45) is -0.410. The number of ether oxygens (including phenoxy) is 2. The molecule has 0 aromatic carbocycles. The first-order chi connectivity index (χ1) is 7.80. The van der Waals surface area contributed by atoms with E-state index in [1.807, 2.05) is 0 Å². The summed E-state index contributed by atoms with van der Waals surface area (Å²) in [6.45, 7) is -0.401. The van der Waals surface area contributed by atoms with Gasteiger partial charge in [-0.25, -0.2) is 9.59 Å². The highest BCUT2D eigenvalue weighted by Gasteiger charge is 2.25. The summed E-state index contributed by atoms with van der Waals surface area (Å²) < 4.78 is 8.13. The second kappa shape index (κ2) is 8.44. The minimum Gasteiger partial charge on any atom is -0.467 e. The van der Waals surface area contributed by atoms with Crippen molar-refractivity contribution in [1.82, 2.24) is 5.32 Å². The number of hydrogen-bond donors (Lipinski definition) is 1. The topological polar surface area (TPSA) is 64.6 Å². The first-order valence-electron chi connectivity index (χ1n) is 4.44. The van der Waals surface area contributed by atoms with E-state index in [0.29, 0.717) is 10.8 Å². The maximum atomic E-state index is 11.3. The normalized spacial score (nSPS) is 12.8. The second-order valence-corrected chi connectivity index (χ2v) is 6.48. The van der Waals surface area contributed by atoms with Crippen LogP contribution in [0.1, 0.15) is 6.42 Å². The van der Waals surface area contributed by atoms with E-state index in [9.17, 15) is 9.59 Å². The molecule has 5 nitrogen and oxygen atoms in total. The Labute approximate surface area is 128 Å². The zero-order valence-corrected chi connectivity index (χ0v) is 13.3. The quantitative estimate of drug-likeness (QED) is 0.423. The third-order valence-electron chi connectivity index (χ3n) is 1.54. The highest BCUT2D eigenvalue weighted by molar-refractivity contribution is 14.1. The maximum Gasteiger partial charge on any atom is 0.407 e. The smallest absolute Gasteiger partial charge is 0.407 e. The Morgan fingerprint density at radius 1 is 1.41 bits per heavy atom. The zero-order chi connectivity index (χ0) is 13.5. The monoisotopic (exact) mass is 417 g/mol. The van der Waals surface area contributed by atoms with Gasteiger partial charge in [-0.2, -0.15) is 0 Å². The van der Waals surface area contributed by atoms with Gasteiger partial charge in [-0.1, -0.05) is 57.4 Å². The number of rotatable bonds is 5. The van der Waals surface area contributed by atoms with Crippen LogP contribution >= 0.6 is 57.4 Å². The number of carbonyl (C=O) groups excluding carboxylic acids is 2. The summed E-state index contributed by atoms with van der Waals surface area (Å²) in [5.41, 5.74) is 0. The van der Waals surface area contributed by atoms with Crippen molar-refractivity contribution < 1.29 is 19.1 Å². The third kappa shape index (κ3) is 8.98. The minimum absolute atomic E-state index is 0.401. The molecule has 0 saturated carbocycles. The Bertz CT molecular complexity index is 272. The summed E-state index contributed by atoms with van der Waals surface area (Å²) in [5, 5.41) is 2.32. The zero-order valence-electron chi connectivity index (χ0n) is 8.84. The van der Waals surface area contributed by atoms with Crippen molar-refractivity contribution in [1.29, 1.82) is 0 Å². The number of methoxy groups -OCH3 is 1. The predicted molar refractivity (Wildman–Crippen MR) is 74.1 cm³/mol. The summed E-state index contributed by atoms with van der Waals surface area (Å²) in [4.78, 5) is 22.5. The molecule has 17 heavy (non-hydrogen) atoms. The van der Waals surface area contributed by atoms with Gasteiger partial charge in [0.15, 0.2) is 0 Å². The van der Waals surface area contributed by atoms with Crippen molar-refractivity contribution in [3.05, 3.63) is 0 Å². The standard InChI is InChI=1S/C8H11Cl3INO4/c1-16-6(14)5(2-3-12)13-7(15)17-4-8(9,10)11/h5H,2-4H2,1H3,(H,13,15)/t5-/m0/s1. The maximum absolute atomic E-state index is 11.3. The van der Waals surface area contributed by atoms with Gasteiger partial charge in [-0.15, -0.1) is 0 Å². The van der Waals surface area contributed by atoms with Crippen LogP contribution in [0, 0.1) is 0 Å². The molecule has 0 spiro atoms. The molecular weight excluding hydrogens is 407 g/mol. The summed E-state index contributed by atoms with van der Waals surface area (Å²) in [7, 11) is 1.23. The Hall–Kier alpha value is 0.340. The number of alkyl halides is 4. The van der Waals surface area contributed by atoms with Crippen molar-refractivity contribution in [3.63, 3.8) is 0 Å². The number of esters is 1. The van der Waals surface area contributed by atoms with Gasteiger partial charge in [0.05, 0.1) is 7.11 Å². The average Bonchev–Trinajstić information content (AvgIpc) is 2.24. The lowest BCUT2D eigenvalue weighted by atomic mass is 10.2. The van der Waals surface area contributed by atoms with E-state index in [-0.39, 0.29) is 0 Å². The van der Waals surface area contributed by atoms with Crippen LogP contribution in [0.5, 0.6) is 0 Å². The Balaban J connectivity index is 4.17. The Morgan fingerprint density at radius 2 is 2.00 bits per heavy atom. The molecule has 0 unspecified atom stereocenters. The van der Waals surface area contributed by atoms with E-state index in [1.165, 1.54) is 7.11 Å². The number of hydrogen-bond acceptors (Lipinski definition) is 4. The molecular formula is C8H11Cl3INO4. The lowest BCUT2D eigenvalue weighted by Gasteiger charge is -2.16. The molecule has 1 amide bonds. The molecule has 1 atom stereocenters. The molecule has 0 aliphatic heterocycles. The van der Waals surface area contributed by atoms with Crippen molar-refractivity contribution in [3.8, 4) is 0 Å². The number of halogens is 4. The van der Waals surface area contributed by atoms with E-state index in [4.69, 9.17) is 34.8 Å². The molecule has 0 aromatic heterocycles. The highest BCUT2D eigenvalue weighted by atomic mass is 127. The SMILES string of the molecule is COC(=O)[C@H](CCI)NC(=O)OCC(Cl)(Cl)Cl. The first kappa shape index (κ1) is 17.3. The average molecular weight is 418 g/mol. The fraction of sp³-hybridized carbons (Fsp3) is 0.750. The molecule has 1 N–H and O–H groups in total. The lowest BCUT2D eigenvalue weighted by molar-refractivity contribution is -0.143. The first-order valence-corrected chi connectivity index (χ1v) is 7.10. The second-order valence-electron chi connectivity index (χ2n) is 2.89. The van der Waals surface area contributed by atoms with E-state index in [1.54, 1.807) is 0 Å². The van der Waals surface area contributed by atoms with Crippen molar-refractivity contribution >= 4 is 69.5 Å². The number of alkyl carbamates (subject to hydrolysis) is 1. The molecule has 0 bridgehead atoms. The molecule has 0 aliphatic rings. The molecule has 0 aliphatic carbocycles. The predicted octanol–water partition coefficient (Wildman–Crippen LogP) is 2.45.